The van der Waals surface area contributed by atoms with Gasteiger partial charge in [-0.2, -0.15) is 0 Å². The number of unbranched alkanes of at least 4 members (excludes halogenated alkanes) is 4. The molecular weight excluding hydrogens is 492 g/mol. The molecule has 0 saturated carbocycles. The second kappa shape index (κ2) is 14.4. The standard InChI is InChI=1S/C37H56O3/c1-11-15-17-19-27-21-28(20-18-16-12-2)33(26(6)35(39)40)30(22-27)25(5)31-23-29(36(7,8)13-3)24-32(34(31)38)37(9,10)14-4/h21-25,38H,6,11-20H2,1-5,7-10H3,(H,39,40)/p-1. The monoisotopic (exact) mass is 547 g/mol. The first-order chi connectivity index (χ1) is 18.7. The Morgan fingerprint density at radius 2 is 1.43 bits per heavy atom. The predicted molar refractivity (Wildman–Crippen MR) is 169 cm³/mol. The number of carbonyl (C=O) groups is 1. The number of rotatable bonds is 16. The van der Waals surface area contributed by atoms with Gasteiger partial charge >= 0.3 is 0 Å². The number of benzene rings is 2. The molecule has 0 spiro atoms. The highest BCUT2D eigenvalue weighted by Gasteiger charge is 2.31. The summed E-state index contributed by atoms with van der Waals surface area (Å²) in [6, 6.07) is 8.73. The van der Waals surface area contributed by atoms with Crippen molar-refractivity contribution in [3.8, 4) is 5.75 Å². The average Bonchev–Trinajstić information content (AvgIpc) is 2.92. The Kier molecular flexibility index (Phi) is 12.1. The number of phenolic OH excluding ortho intramolecular Hbond substituents is 1. The normalized spacial score (nSPS) is 12.9. The minimum atomic E-state index is -1.23. The van der Waals surface area contributed by atoms with E-state index in [4.69, 9.17) is 0 Å². The summed E-state index contributed by atoms with van der Waals surface area (Å²) in [5.74, 6) is -1.13. The fourth-order valence-electron chi connectivity index (χ4n) is 5.55. The number of carboxylic acids is 1. The minimum absolute atomic E-state index is 0.0344. The largest absolute Gasteiger partial charge is 0.545 e. The van der Waals surface area contributed by atoms with Crippen LogP contribution in [0.5, 0.6) is 5.75 Å². The number of phenols is 1. The quantitative estimate of drug-likeness (QED) is 0.168. The Morgan fingerprint density at radius 1 is 0.850 bits per heavy atom. The maximum absolute atomic E-state index is 12.2. The molecule has 222 valence electrons. The summed E-state index contributed by atoms with van der Waals surface area (Å²) in [6.45, 7) is 23.7. The van der Waals surface area contributed by atoms with E-state index in [9.17, 15) is 15.0 Å². The number of carboxylic acid groups (broad SMARTS) is 1. The molecule has 3 nitrogen and oxygen atoms in total. The van der Waals surface area contributed by atoms with Crippen LogP contribution in [0.4, 0.5) is 0 Å². The zero-order chi connectivity index (χ0) is 30.3. The van der Waals surface area contributed by atoms with Crippen LogP contribution in [0, 0.1) is 0 Å². The maximum atomic E-state index is 12.2. The summed E-state index contributed by atoms with van der Waals surface area (Å²) < 4.78 is 0. The summed E-state index contributed by atoms with van der Waals surface area (Å²) in [6.07, 6.45) is 10.2. The van der Waals surface area contributed by atoms with Crippen LogP contribution in [-0.2, 0) is 28.5 Å². The van der Waals surface area contributed by atoms with Crippen LogP contribution in [0.1, 0.15) is 159 Å². The van der Waals surface area contributed by atoms with Crippen molar-refractivity contribution in [1.29, 1.82) is 0 Å². The van der Waals surface area contributed by atoms with Gasteiger partial charge in [0.2, 0.25) is 0 Å². The molecule has 1 unspecified atom stereocenters. The Hall–Kier alpha value is -2.55. The van der Waals surface area contributed by atoms with Crippen LogP contribution < -0.4 is 5.11 Å². The molecule has 0 aliphatic rings. The average molecular weight is 548 g/mol. The minimum Gasteiger partial charge on any atom is -0.545 e. The van der Waals surface area contributed by atoms with Gasteiger partial charge in [0, 0.05) is 17.0 Å². The molecule has 0 aromatic heterocycles. The summed E-state index contributed by atoms with van der Waals surface area (Å²) >= 11 is 0. The van der Waals surface area contributed by atoms with Gasteiger partial charge in [0.15, 0.2) is 0 Å². The molecule has 40 heavy (non-hydrogen) atoms. The Balaban J connectivity index is 2.91. The van der Waals surface area contributed by atoms with E-state index in [-0.39, 0.29) is 22.3 Å². The Morgan fingerprint density at radius 3 is 1.95 bits per heavy atom. The number of hydrogen-bond acceptors (Lipinski definition) is 3. The number of hydrogen-bond donors (Lipinski definition) is 1. The van der Waals surface area contributed by atoms with Crippen molar-refractivity contribution in [3.63, 3.8) is 0 Å². The zero-order valence-corrected chi connectivity index (χ0v) is 26.9. The summed E-state index contributed by atoms with van der Waals surface area (Å²) in [5.41, 5.74) is 6.67. The maximum Gasteiger partial charge on any atom is 0.123 e. The molecule has 3 heteroatoms. The molecule has 0 amide bonds. The molecule has 2 aromatic carbocycles. The first-order valence-electron chi connectivity index (χ1n) is 15.7. The molecule has 0 radical (unpaired) electrons. The predicted octanol–water partition coefficient (Wildman–Crippen LogP) is 9.15. The van der Waals surface area contributed by atoms with Gasteiger partial charge in [-0.05, 0) is 82.7 Å². The van der Waals surface area contributed by atoms with E-state index in [2.05, 4.69) is 93.2 Å². The third kappa shape index (κ3) is 7.80. The van der Waals surface area contributed by atoms with Crippen LogP contribution in [0.25, 0.3) is 5.57 Å². The molecular formula is C37H55O3-. The Labute approximate surface area is 245 Å². The fourth-order valence-corrected chi connectivity index (χ4v) is 5.55. The second-order valence-electron chi connectivity index (χ2n) is 13.1. The topological polar surface area (TPSA) is 60.4 Å². The van der Waals surface area contributed by atoms with Crippen LogP contribution >= 0.6 is 0 Å². The van der Waals surface area contributed by atoms with Gasteiger partial charge in [0.1, 0.15) is 5.75 Å². The highest BCUT2D eigenvalue weighted by molar-refractivity contribution is 6.14. The van der Waals surface area contributed by atoms with Crippen molar-refractivity contribution >= 4 is 11.5 Å². The van der Waals surface area contributed by atoms with Gasteiger partial charge in [0.25, 0.3) is 0 Å². The molecule has 0 heterocycles. The molecule has 0 saturated heterocycles. The van der Waals surface area contributed by atoms with E-state index in [1.807, 2.05) is 0 Å². The van der Waals surface area contributed by atoms with Crippen LogP contribution in [-0.4, -0.2) is 11.1 Å². The van der Waals surface area contributed by atoms with E-state index < -0.39 is 5.97 Å². The lowest BCUT2D eigenvalue weighted by molar-refractivity contribution is -0.295. The third-order valence-electron chi connectivity index (χ3n) is 9.33. The van der Waals surface area contributed by atoms with E-state index in [0.717, 1.165) is 86.5 Å². The zero-order valence-electron chi connectivity index (χ0n) is 26.9. The van der Waals surface area contributed by atoms with Crippen LogP contribution in [0.2, 0.25) is 0 Å². The van der Waals surface area contributed by atoms with Crippen molar-refractivity contribution < 1.29 is 15.0 Å². The van der Waals surface area contributed by atoms with E-state index in [1.165, 1.54) is 11.1 Å². The number of aromatic hydroxyl groups is 1. The van der Waals surface area contributed by atoms with Crippen molar-refractivity contribution in [2.75, 3.05) is 0 Å². The lowest BCUT2D eigenvalue weighted by Crippen LogP contribution is -2.25. The third-order valence-corrected chi connectivity index (χ3v) is 9.33. The van der Waals surface area contributed by atoms with Crippen molar-refractivity contribution in [1.82, 2.24) is 0 Å². The molecule has 0 aliphatic carbocycles. The van der Waals surface area contributed by atoms with Crippen molar-refractivity contribution in [2.45, 2.75) is 143 Å². The molecule has 1 N–H and O–H groups in total. The molecule has 0 aliphatic heterocycles. The first kappa shape index (κ1) is 33.7. The second-order valence-corrected chi connectivity index (χ2v) is 13.1. The lowest BCUT2D eigenvalue weighted by Gasteiger charge is -2.32. The van der Waals surface area contributed by atoms with Gasteiger partial charge in [0.05, 0.1) is 5.97 Å². The summed E-state index contributed by atoms with van der Waals surface area (Å²) in [5, 5.41) is 24.1. The number of aryl methyl sites for hydroxylation is 2. The molecule has 0 bridgehead atoms. The highest BCUT2D eigenvalue weighted by Crippen LogP contribution is 2.45. The molecule has 1 atom stereocenters. The SMILES string of the molecule is C=C(C(=O)[O-])c1c(CCCCC)cc(CCCCC)cc1C(C)c1cc(C(C)(C)CC)cc(C(C)(C)CC)c1O. The smallest absolute Gasteiger partial charge is 0.123 e. The fraction of sp³-hybridized carbons (Fsp3) is 0.595. The van der Waals surface area contributed by atoms with Crippen LogP contribution in [0.3, 0.4) is 0 Å². The van der Waals surface area contributed by atoms with Gasteiger partial charge in [-0.3, -0.25) is 0 Å². The summed E-state index contributed by atoms with van der Waals surface area (Å²) in [4.78, 5) is 12.2. The van der Waals surface area contributed by atoms with Gasteiger partial charge < -0.3 is 15.0 Å². The van der Waals surface area contributed by atoms with Crippen molar-refractivity contribution in [3.05, 3.63) is 69.8 Å². The first-order valence-corrected chi connectivity index (χ1v) is 15.7. The molecule has 0 fully saturated rings. The molecule has 2 rings (SSSR count). The summed E-state index contributed by atoms with van der Waals surface area (Å²) in [7, 11) is 0. The van der Waals surface area contributed by atoms with E-state index in [1.54, 1.807) is 0 Å². The lowest BCUT2D eigenvalue weighted by atomic mass is 9.73. The van der Waals surface area contributed by atoms with Gasteiger partial charge in [-0.1, -0.05) is 119 Å². The van der Waals surface area contributed by atoms with E-state index in [0.29, 0.717) is 11.3 Å². The van der Waals surface area contributed by atoms with Gasteiger partial charge in [-0.15, -0.1) is 0 Å². The Bertz CT molecular complexity index is 1170. The van der Waals surface area contributed by atoms with E-state index >= 15 is 0 Å². The van der Waals surface area contributed by atoms with Gasteiger partial charge in [-0.25, -0.2) is 0 Å². The molecule has 2 aromatic rings. The van der Waals surface area contributed by atoms with Crippen molar-refractivity contribution in [2.24, 2.45) is 0 Å². The highest BCUT2D eigenvalue weighted by atomic mass is 16.4. The number of aliphatic carboxylic acids is 1. The van der Waals surface area contributed by atoms with Crippen LogP contribution in [0.15, 0.2) is 30.8 Å². The number of carbonyl (C=O) groups excluding carboxylic acids is 1.